The summed E-state index contributed by atoms with van der Waals surface area (Å²) in [6.07, 6.45) is 3.03. The van der Waals surface area contributed by atoms with E-state index >= 15 is 0 Å². The molecule has 9 nitrogen and oxygen atoms in total. The molecule has 2 aromatic rings. The average Bonchev–Trinajstić information content (AvgIpc) is 2.62. The highest BCUT2D eigenvalue weighted by Crippen LogP contribution is 2.28. The number of anilines is 3. The lowest BCUT2D eigenvalue weighted by atomic mass is 10.1. The van der Waals surface area contributed by atoms with Gasteiger partial charge >= 0.3 is 0 Å². The van der Waals surface area contributed by atoms with Gasteiger partial charge < -0.3 is 5.32 Å². The van der Waals surface area contributed by atoms with E-state index < -0.39 is 5.56 Å². The molecule has 1 aliphatic rings. The van der Waals surface area contributed by atoms with Gasteiger partial charge in [-0.1, -0.05) is 13.8 Å². The van der Waals surface area contributed by atoms with Crippen LogP contribution in [0.15, 0.2) is 29.3 Å². The summed E-state index contributed by atoms with van der Waals surface area (Å²) in [5.74, 6) is -0.556. The molecule has 9 heteroatoms. The molecule has 0 spiro atoms. The number of rotatable bonds is 3. The van der Waals surface area contributed by atoms with Crippen LogP contribution in [0.5, 0.6) is 0 Å². The number of pyridine rings is 1. The van der Waals surface area contributed by atoms with Gasteiger partial charge in [-0.05, 0) is 19.1 Å². The van der Waals surface area contributed by atoms with E-state index in [0.29, 0.717) is 12.1 Å². The summed E-state index contributed by atoms with van der Waals surface area (Å²) >= 11 is 0. The Balaban J connectivity index is 2.00. The summed E-state index contributed by atoms with van der Waals surface area (Å²) in [6, 6.07) is 3.05. The van der Waals surface area contributed by atoms with E-state index in [1.165, 1.54) is 11.1 Å². The Morgan fingerprint density at radius 2 is 2.15 bits per heavy atom. The van der Waals surface area contributed by atoms with Crippen LogP contribution < -0.4 is 21.1 Å². The molecule has 3 N–H and O–H groups in total. The molecule has 2 aromatic heterocycles. The zero-order valence-corrected chi connectivity index (χ0v) is 14.7. The number of H-pyrrole nitrogens is 1. The summed E-state index contributed by atoms with van der Waals surface area (Å²) in [6.45, 7) is 5.73. The number of aromatic amines is 1. The van der Waals surface area contributed by atoms with Crippen LogP contribution in [-0.2, 0) is 4.79 Å². The van der Waals surface area contributed by atoms with E-state index in [1.807, 2.05) is 6.92 Å². The number of nitrogens with zero attached hydrogens (tertiary/aromatic N) is 3. The Labute approximate surface area is 149 Å². The predicted octanol–water partition coefficient (Wildman–Crippen LogP) is 1.22. The Morgan fingerprint density at radius 3 is 2.81 bits per heavy atom. The second kappa shape index (κ2) is 6.95. The molecule has 0 bridgehead atoms. The molecule has 0 fully saturated rings. The maximum absolute atomic E-state index is 12.9. The highest BCUT2D eigenvalue weighted by atomic mass is 16.2. The lowest BCUT2D eigenvalue weighted by Gasteiger charge is -2.34. The van der Waals surface area contributed by atoms with Gasteiger partial charge in [-0.15, -0.1) is 0 Å². The van der Waals surface area contributed by atoms with Gasteiger partial charge in [-0.2, -0.15) is 4.98 Å². The number of carbonyl (C=O) groups is 2. The normalized spacial score (nSPS) is 16.0. The minimum absolute atomic E-state index is 0.0447. The summed E-state index contributed by atoms with van der Waals surface area (Å²) in [4.78, 5) is 49.5. The molecule has 1 aliphatic heterocycles. The van der Waals surface area contributed by atoms with E-state index in [9.17, 15) is 14.4 Å². The first-order valence-electron chi connectivity index (χ1n) is 8.31. The molecule has 2 amide bonds. The highest BCUT2D eigenvalue weighted by Gasteiger charge is 2.33. The molecular formula is C17H20N6O3. The van der Waals surface area contributed by atoms with Gasteiger partial charge in [-0.3, -0.25) is 34.6 Å². The Morgan fingerprint density at radius 1 is 1.38 bits per heavy atom. The number of amides is 2. The maximum atomic E-state index is 12.9. The van der Waals surface area contributed by atoms with Gasteiger partial charge in [-0.25, -0.2) is 0 Å². The third-order valence-electron chi connectivity index (χ3n) is 4.03. The molecule has 136 valence electrons. The molecular weight excluding hydrogens is 336 g/mol. The number of hydrogen-bond donors (Lipinski definition) is 3. The fourth-order valence-corrected chi connectivity index (χ4v) is 2.62. The van der Waals surface area contributed by atoms with Gasteiger partial charge in [0.05, 0.1) is 11.6 Å². The lowest BCUT2D eigenvalue weighted by Crippen LogP contribution is -2.49. The minimum atomic E-state index is -0.509. The van der Waals surface area contributed by atoms with Crippen LogP contribution in [0.2, 0.25) is 0 Å². The third-order valence-corrected chi connectivity index (χ3v) is 4.03. The minimum Gasteiger partial charge on any atom is -0.366 e. The molecule has 3 rings (SSSR count). The molecule has 1 atom stereocenters. The van der Waals surface area contributed by atoms with Crippen LogP contribution in [0, 0.1) is 5.92 Å². The average molecular weight is 356 g/mol. The van der Waals surface area contributed by atoms with Crippen molar-refractivity contribution in [2.75, 3.05) is 22.1 Å². The molecule has 0 saturated heterocycles. The fraction of sp³-hybridized carbons (Fsp3) is 0.353. The molecule has 0 radical (unpaired) electrons. The van der Waals surface area contributed by atoms with Crippen molar-refractivity contribution in [3.8, 4) is 0 Å². The van der Waals surface area contributed by atoms with Crippen LogP contribution in [0.4, 0.5) is 17.5 Å². The van der Waals surface area contributed by atoms with Crippen molar-refractivity contribution in [3.05, 3.63) is 40.4 Å². The number of aromatic nitrogens is 3. The van der Waals surface area contributed by atoms with Crippen molar-refractivity contribution in [3.63, 3.8) is 0 Å². The van der Waals surface area contributed by atoms with Gasteiger partial charge in [0, 0.05) is 24.9 Å². The molecule has 26 heavy (non-hydrogen) atoms. The number of hydrogen-bond acceptors (Lipinski definition) is 6. The van der Waals surface area contributed by atoms with Crippen molar-refractivity contribution in [1.82, 2.24) is 15.0 Å². The Hall–Kier alpha value is -3.23. The van der Waals surface area contributed by atoms with Crippen LogP contribution in [0.3, 0.4) is 0 Å². The zero-order valence-electron chi connectivity index (χ0n) is 14.7. The van der Waals surface area contributed by atoms with Crippen molar-refractivity contribution in [1.29, 1.82) is 0 Å². The quantitative estimate of drug-likeness (QED) is 0.760. The van der Waals surface area contributed by atoms with E-state index in [1.54, 1.807) is 32.2 Å². The Kier molecular flexibility index (Phi) is 4.70. The van der Waals surface area contributed by atoms with Crippen molar-refractivity contribution in [2.24, 2.45) is 5.92 Å². The topological polar surface area (TPSA) is 120 Å². The van der Waals surface area contributed by atoms with Crippen LogP contribution >= 0.6 is 0 Å². The molecule has 3 heterocycles. The molecule has 0 unspecified atom stereocenters. The molecule has 0 aromatic carbocycles. The van der Waals surface area contributed by atoms with E-state index in [0.717, 1.165) is 0 Å². The first-order valence-corrected chi connectivity index (χ1v) is 8.31. The number of carbonyl (C=O) groups excluding carboxylic acids is 2. The number of nitrogens with one attached hydrogen (secondary N) is 3. The fourth-order valence-electron chi connectivity index (χ4n) is 2.62. The van der Waals surface area contributed by atoms with E-state index in [-0.39, 0.29) is 41.2 Å². The number of fused-ring (bicyclic) bond motifs is 1. The van der Waals surface area contributed by atoms with Crippen LogP contribution in [0.1, 0.15) is 31.1 Å². The van der Waals surface area contributed by atoms with Gasteiger partial charge in [0.25, 0.3) is 11.5 Å². The second-order valence-electron chi connectivity index (χ2n) is 6.40. The first kappa shape index (κ1) is 17.6. The summed E-state index contributed by atoms with van der Waals surface area (Å²) in [7, 11) is 0. The van der Waals surface area contributed by atoms with Crippen molar-refractivity contribution >= 4 is 29.3 Å². The summed E-state index contributed by atoms with van der Waals surface area (Å²) in [5, 5.41) is 5.60. The predicted molar refractivity (Wildman–Crippen MR) is 97.3 cm³/mol. The highest BCUT2D eigenvalue weighted by molar-refractivity contribution is 6.08. The van der Waals surface area contributed by atoms with E-state index in [2.05, 4.69) is 25.6 Å². The maximum Gasteiger partial charge on any atom is 0.278 e. The van der Waals surface area contributed by atoms with Crippen LogP contribution in [-0.4, -0.2) is 39.4 Å². The van der Waals surface area contributed by atoms with Gasteiger partial charge in [0.1, 0.15) is 0 Å². The lowest BCUT2D eigenvalue weighted by molar-refractivity contribution is -0.118. The molecule has 0 aliphatic carbocycles. The monoisotopic (exact) mass is 356 g/mol. The second-order valence-corrected chi connectivity index (χ2v) is 6.40. The largest absolute Gasteiger partial charge is 0.366 e. The van der Waals surface area contributed by atoms with Crippen LogP contribution in [0.25, 0.3) is 0 Å². The standard InChI is InChI=1S/C17H20N6O3/c1-9(2)14(24)21-17-20-13-12(15(25)22-17)23(10(3)7-19-13)16(26)11-5-4-6-18-8-11/h4-6,8-10H,7H2,1-3H3,(H3,19,20,21,22,24,25)/t10-/m0/s1. The van der Waals surface area contributed by atoms with Crippen molar-refractivity contribution in [2.45, 2.75) is 26.8 Å². The first-order chi connectivity index (χ1) is 12.4. The molecule has 0 saturated carbocycles. The third kappa shape index (κ3) is 3.28. The SMILES string of the molecule is CC(C)C(=O)Nc1nc2c(c(=O)[nH]1)N(C(=O)c1cccnc1)[C@@H](C)CN2. The summed E-state index contributed by atoms with van der Waals surface area (Å²) < 4.78 is 0. The van der Waals surface area contributed by atoms with E-state index in [4.69, 9.17) is 0 Å². The van der Waals surface area contributed by atoms with Gasteiger partial charge in [0.2, 0.25) is 11.9 Å². The zero-order chi connectivity index (χ0) is 18.8. The summed E-state index contributed by atoms with van der Waals surface area (Å²) in [5.41, 5.74) is -0.00529. The van der Waals surface area contributed by atoms with Crippen molar-refractivity contribution < 1.29 is 9.59 Å². The van der Waals surface area contributed by atoms with Gasteiger partial charge in [0.15, 0.2) is 11.5 Å². The Bertz CT molecular complexity index is 893. The smallest absolute Gasteiger partial charge is 0.278 e.